The smallest absolute Gasteiger partial charge is 0.410 e. The quantitative estimate of drug-likeness (QED) is 0.605. The molecule has 90 valence electrons. The third kappa shape index (κ3) is 1.67. The van der Waals surface area contributed by atoms with E-state index in [2.05, 4.69) is 10.6 Å². The zero-order valence-electron chi connectivity index (χ0n) is 9.27. The second-order valence-corrected chi connectivity index (χ2v) is 4.58. The highest BCUT2D eigenvalue weighted by molar-refractivity contribution is 5.75. The maximum atomic E-state index is 11.6. The molecule has 17 heavy (non-hydrogen) atoms. The van der Waals surface area contributed by atoms with Crippen LogP contribution in [-0.2, 0) is 5.54 Å². The second-order valence-electron chi connectivity index (χ2n) is 4.58. The number of β-amino-alcohol motifs (C(OH)–C–C–N with tert-alkyl or cyclic N) is 1. The second kappa shape index (κ2) is 3.72. The van der Waals surface area contributed by atoms with Crippen LogP contribution in [0.4, 0.5) is 4.79 Å². The van der Waals surface area contributed by atoms with Gasteiger partial charge in [0.2, 0.25) is 0 Å². The van der Waals surface area contributed by atoms with Crippen molar-refractivity contribution in [2.45, 2.75) is 18.1 Å². The average molecular weight is 234 g/mol. The molecule has 1 amide bonds. The number of aliphatic hydroxyl groups is 1. The predicted octanol–water partition coefficient (Wildman–Crippen LogP) is 0.338. The summed E-state index contributed by atoms with van der Waals surface area (Å²) in [7, 11) is 0. The fraction of sp³-hybridized carbons (Fsp3) is 0.417. The molecule has 1 spiro atoms. The number of carbonyl (C=O) groups is 1. The highest BCUT2D eigenvalue weighted by Crippen LogP contribution is 2.37. The number of ether oxygens (including phenoxy) is 1. The number of rotatable bonds is 0. The monoisotopic (exact) mass is 234 g/mol. The van der Waals surface area contributed by atoms with Gasteiger partial charge in [-0.05, 0) is 6.07 Å². The highest BCUT2D eigenvalue weighted by atomic mass is 16.6. The van der Waals surface area contributed by atoms with Crippen LogP contribution in [0.15, 0.2) is 24.3 Å². The van der Waals surface area contributed by atoms with Gasteiger partial charge in [0.25, 0.3) is 0 Å². The zero-order chi connectivity index (χ0) is 11.9. The normalized spacial score (nSPS) is 31.6. The van der Waals surface area contributed by atoms with Crippen molar-refractivity contribution in [1.29, 1.82) is 0 Å². The maximum absolute atomic E-state index is 11.6. The lowest BCUT2D eigenvalue weighted by Gasteiger charge is -2.43. The molecule has 1 saturated heterocycles. The molecule has 1 aromatic carbocycles. The van der Waals surface area contributed by atoms with Crippen LogP contribution in [-0.4, -0.2) is 30.4 Å². The molecule has 2 unspecified atom stereocenters. The Balaban J connectivity index is 2.07. The number of carbonyl (C=O) groups excluding carboxylic acids is 1. The van der Waals surface area contributed by atoms with E-state index in [1.54, 1.807) is 6.07 Å². The Morgan fingerprint density at radius 2 is 2.24 bits per heavy atom. The lowest BCUT2D eigenvalue weighted by atomic mass is 9.81. The van der Waals surface area contributed by atoms with Gasteiger partial charge in [0.05, 0.1) is 11.6 Å². The first kappa shape index (κ1) is 10.6. The van der Waals surface area contributed by atoms with Gasteiger partial charge in [0, 0.05) is 25.1 Å². The van der Waals surface area contributed by atoms with Gasteiger partial charge in [0.1, 0.15) is 5.75 Å². The Hall–Kier alpha value is -1.59. The van der Waals surface area contributed by atoms with Crippen LogP contribution in [0.2, 0.25) is 0 Å². The minimum Gasteiger partial charge on any atom is -0.410 e. The summed E-state index contributed by atoms with van der Waals surface area (Å²) in [6.45, 7) is 1.16. The number of amides is 1. The maximum Gasteiger partial charge on any atom is 0.413 e. The van der Waals surface area contributed by atoms with Crippen molar-refractivity contribution in [1.82, 2.24) is 10.6 Å². The largest absolute Gasteiger partial charge is 0.413 e. The Labute approximate surface area is 98.8 Å². The summed E-state index contributed by atoms with van der Waals surface area (Å²) in [6.07, 6.45) is -0.415. The molecule has 0 aliphatic carbocycles. The molecule has 1 fully saturated rings. The van der Waals surface area contributed by atoms with Crippen molar-refractivity contribution in [2.75, 3.05) is 13.1 Å². The molecule has 0 aromatic heterocycles. The molecule has 5 heteroatoms. The third-order valence-corrected chi connectivity index (χ3v) is 3.34. The van der Waals surface area contributed by atoms with Gasteiger partial charge in [-0.3, -0.25) is 0 Å². The van der Waals surface area contributed by atoms with E-state index in [0.29, 0.717) is 25.3 Å². The Bertz CT molecular complexity index is 463. The topological polar surface area (TPSA) is 70.6 Å². The van der Waals surface area contributed by atoms with Crippen LogP contribution in [0.25, 0.3) is 0 Å². The Kier molecular flexibility index (Phi) is 2.31. The Morgan fingerprint density at radius 3 is 3.06 bits per heavy atom. The number of piperidine rings is 1. The summed E-state index contributed by atoms with van der Waals surface area (Å²) in [5, 5.41) is 15.8. The molecule has 5 nitrogen and oxygen atoms in total. The summed E-state index contributed by atoms with van der Waals surface area (Å²) in [4.78, 5) is 11.6. The molecule has 1 aromatic rings. The zero-order valence-corrected chi connectivity index (χ0v) is 9.27. The van der Waals surface area contributed by atoms with E-state index in [9.17, 15) is 9.90 Å². The number of nitrogens with one attached hydrogen (secondary N) is 2. The van der Waals surface area contributed by atoms with E-state index in [4.69, 9.17) is 4.74 Å². The lowest BCUT2D eigenvalue weighted by Crippen LogP contribution is -2.61. The Morgan fingerprint density at radius 1 is 1.41 bits per heavy atom. The summed E-state index contributed by atoms with van der Waals surface area (Å²) in [5.74, 6) is 0.576. The third-order valence-electron chi connectivity index (χ3n) is 3.34. The first-order valence-corrected chi connectivity index (χ1v) is 5.68. The molecule has 3 N–H and O–H groups in total. The molecule has 2 aliphatic heterocycles. The van der Waals surface area contributed by atoms with Crippen molar-refractivity contribution < 1.29 is 14.6 Å². The first-order chi connectivity index (χ1) is 8.20. The number of benzene rings is 1. The van der Waals surface area contributed by atoms with Gasteiger partial charge in [-0.25, -0.2) is 4.79 Å². The predicted molar refractivity (Wildman–Crippen MR) is 60.8 cm³/mol. The van der Waals surface area contributed by atoms with Crippen LogP contribution in [0.3, 0.4) is 0 Å². The van der Waals surface area contributed by atoms with E-state index in [1.807, 2.05) is 18.2 Å². The van der Waals surface area contributed by atoms with Gasteiger partial charge in [0.15, 0.2) is 0 Å². The number of para-hydroxylation sites is 1. The number of hydrogen-bond donors (Lipinski definition) is 3. The number of aliphatic hydroxyl groups excluding tert-OH is 1. The van der Waals surface area contributed by atoms with Crippen molar-refractivity contribution in [3.63, 3.8) is 0 Å². The van der Waals surface area contributed by atoms with Crippen LogP contribution in [0.5, 0.6) is 5.75 Å². The minimum absolute atomic E-state index is 0.459. The highest BCUT2D eigenvalue weighted by Gasteiger charge is 2.44. The molecular formula is C12H14N2O3. The molecule has 2 aliphatic rings. The standard InChI is InChI=1S/C12H14N2O3/c15-8-5-12(7-13-6-8)9-3-1-2-4-10(9)17-11(16)14-12/h1-4,8,13,15H,5-7H2,(H,14,16). The first-order valence-electron chi connectivity index (χ1n) is 5.68. The van der Waals surface area contributed by atoms with Crippen LogP contribution in [0, 0.1) is 0 Å². The molecule has 0 saturated carbocycles. The van der Waals surface area contributed by atoms with Crippen molar-refractivity contribution >= 4 is 6.09 Å². The fourth-order valence-corrected chi connectivity index (χ4v) is 2.64. The number of fused-ring (bicyclic) bond motifs is 2. The molecule has 3 rings (SSSR count). The molecule has 2 heterocycles. The van der Waals surface area contributed by atoms with E-state index >= 15 is 0 Å². The van der Waals surface area contributed by atoms with Crippen molar-refractivity contribution in [3.05, 3.63) is 29.8 Å². The van der Waals surface area contributed by atoms with Crippen molar-refractivity contribution in [3.8, 4) is 5.75 Å². The average Bonchev–Trinajstić information content (AvgIpc) is 2.28. The van der Waals surface area contributed by atoms with Gasteiger partial charge in [-0.1, -0.05) is 18.2 Å². The molecule has 0 bridgehead atoms. The molecule has 0 radical (unpaired) electrons. The summed E-state index contributed by atoms with van der Waals surface area (Å²) < 4.78 is 5.14. The number of hydrogen-bond acceptors (Lipinski definition) is 4. The van der Waals surface area contributed by atoms with E-state index in [-0.39, 0.29) is 0 Å². The van der Waals surface area contributed by atoms with Crippen LogP contribution in [0.1, 0.15) is 12.0 Å². The minimum atomic E-state index is -0.552. The van der Waals surface area contributed by atoms with Gasteiger partial charge < -0.3 is 20.5 Å². The van der Waals surface area contributed by atoms with E-state index in [1.165, 1.54) is 0 Å². The van der Waals surface area contributed by atoms with Crippen molar-refractivity contribution in [2.24, 2.45) is 0 Å². The fourth-order valence-electron chi connectivity index (χ4n) is 2.64. The summed E-state index contributed by atoms with van der Waals surface area (Å²) >= 11 is 0. The summed E-state index contributed by atoms with van der Waals surface area (Å²) in [6, 6.07) is 7.44. The lowest BCUT2D eigenvalue weighted by molar-refractivity contribution is 0.0748. The van der Waals surface area contributed by atoms with Crippen LogP contribution >= 0.6 is 0 Å². The van der Waals surface area contributed by atoms with Gasteiger partial charge in [-0.15, -0.1) is 0 Å². The molecule has 2 atom stereocenters. The van der Waals surface area contributed by atoms with Gasteiger partial charge in [-0.2, -0.15) is 0 Å². The molecular weight excluding hydrogens is 220 g/mol. The van der Waals surface area contributed by atoms with Crippen LogP contribution < -0.4 is 15.4 Å². The van der Waals surface area contributed by atoms with Gasteiger partial charge >= 0.3 is 6.09 Å². The summed E-state index contributed by atoms with van der Waals surface area (Å²) in [5.41, 5.74) is 0.370. The van der Waals surface area contributed by atoms with E-state index < -0.39 is 17.7 Å². The van der Waals surface area contributed by atoms with E-state index in [0.717, 1.165) is 5.56 Å². The SMILES string of the molecule is O=C1NC2(CNCC(O)C2)c2ccccc2O1.